The zero-order valence-electron chi connectivity index (χ0n) is 19.4. The second kappa shape index (κ2) is 9.02. The maximum atomic E-state index is 12.6. The van der Waals surface area contributed by atoms with E-state index in [1.807, 2.05) is 44.2 Å². The molecule has 0 amide bonds. The Kier molecular flexibility index (Phi) is 6.09. The van der Waals surface area contributed by atoms with Gasteiger partial charge >= 0.3 is 5.97 Å². The van der Waals surface area contributed by atoms with Crippen molar-refractivity contribution in [2.75, 3.05) is 10.7 Å². The number of nitrogens with zero attached hydrogens (tertiary/aromatic N) is 2. The Morgan fingerprint density at radius 2 is 2.00 bits per heavy atom. The normalized spacial score (nSPS) is 23.1. The lowest BCUT2D eigenvalue weighted by Gasteiger charge is -2.34. The first-order valence-electron chi connectivity index (χ1n) is 12.2. The van der Waals surface area contributed by atoms with Crippen LogP contribution in [0.15, 0.2) is 41.5 Å². The molecule has 2 N–H and O–H groups in total. The van der Waals surface area contributed by atoms with Gasteiger partial charge < -0.3 is 10.5 Å². The van der Waals surface area contributed by atoms with Crippen molar-refractivity contribution >= 4 is 34.7 Å². The fourth-order valence-electron chi connectivity index (χ4n) is 5.69. The molecule has 0 spiro atoms. The van der Waals surface area contributed by atoms with Gasteiger partial charge in [0.2, 0.25) is 0 Å². The fraction of sp³-hybridized carbons (Fsp3) is 0.481. The summed E-state index contributed by atoms with van der Waals surface area (Å²) >= 11 is 6.38. The average Bonchev–Trinajstić information content (AvgIpc) is 3.48. The second-order valence-corrected chi connectivity index (χ2v) is 10.1. The third-order valence-corrected chi connectivity index (χ3v) is 7.94. The number of hydrogen-bond donors (Lipinski definition) is 1. The lowest BCUT2D eigenvalue weighted by Crippen LogP contribution is -2.40. The summed E-state index contributed by atoms with van der Waals surface area (Å²) in [6.45, 7) is 3.94. The van der Waals surface area contributed by atoms with Gasteiger partial charge in [0, 0.05) is 11.5 Å². The number of carbonyl (C=O) groups is 1. The second-order valence-electron chi connectivity index (χ2n) is 9.71. The number of esters is 1. The van der Waals surface area contributed by atoms with Crippen LogP contribution in [0.4, 0.5) is 11.4 Å². The van der Waals surface area contributed by atoms with Crippen LogP contribution in [0, 0.1) is 11.8 Å². The Morgan fingerprint density at radius 1 is 1.21 bits per heavy atom. The van der Waals surface area contributed by atoms with Crippen molar-refractivity contribution in [1.29, 1.82) is 0 Å². The van der Waals surface area contributed by atoms with Crippen LogP contribution < -0.4 is 10.7 Å². The number of benzene rings is 2. The van der Waals surface area contributed by atoms with Gasteiger partial charge in [0.05, 0.1) is 39.8 Å². The molecule has 174 valence electrons. The molecule has 6 heteroatoms. The van der Waals surface area contributed by atoms with Crippen LogP contribution in [0.1, 0.15) is 73.9 Å². The summed E-state index contributed by atoms with van der Waals surface area (Å²) < 4.78 is 5.54. The zero-order valence-corrected chi connectivity index (χ0v) is 20.1. The fourth-order valence-corrected chi connectivity index (χ4v) is 5.86. The molecule has 1 heterocycles. The van der Waals surface area contributed by atoms with E-state index >= 15 is 0 Å². The highest BCUT2D eigenvalue weighted by molar-refractivity contribution is 6.33. The molecule has 5 nitrogen and oxygen atoms in total. The summed E-state index contributed by atoms with van der Waals surface area (Å²) in [5.74, 6) is 0.762. The number of rotatable bonds is 5. The molecule has 1 fully saturated rings. The quantitative estimate of drug-likeness (QED) is 0.420. The van der Waals surface area contributed by atoms with Gasteiger partial charge in [-0.15, -0.1) is 0 Å². The van der Waals surface area contributed by atoms with Crippen molar-refractivity contribution in [3.05, 3.63) is 58.1 Å². The Balaban J connectivity index is 1.50. The molecule has 2 aromatic carbocycles. The third kappa shape index (κ3) is 4.12. The van der Waals surface area contributed by atoms with Crippen molar-refractivity contribution in [2.45, 2.75) is 70.9 Å². The zero-order chi connectivity index (χ0) is 23.1. The summed E-state index contributed by atoms with van der Waals surface area (Å²) in [5, 5.41) is 7.97. The molecule has 0 radical (unpaired) electrons. The molecular weight excluding hydrogens is 434 g/mol. The van der Waals surface area contributed by atoms with Crippen molar-refractivity contribution < 1.29 is 9.53 Å². The van der Waals surface area contributed by atoms with Gasteiger partial charge in [0.25, 0.3) is 0 Å². The molecule has 3 atom stereocenters. The number of nitrogen functional groups attached to an aromatic ring is 1. The van der Waals surface area contributed by atoms with E-state index in [4.69, 9.17) is 27.2 Å². The van der Waals surface area contributed by atoms with Crippen LogP contribution in [-0.4, -0.2) is 23.8 Å². The Hall–Kier alpha value is -2.53. The predicted octanol–water partition coefficient (Wildman–Crippen LogP) is 6.22. The van der Waals surface area contributed by atoms with Crippen molar-refractivity contribution in [2.24, 2.45) is 16.9 Å². The maximum absolute atomic E-state index is 12.6. The number of hydrazone groups is 1. The van der Waals surface area contributed by atoms with Gasteiger partial charge in [0.15, 0.2) is 0 Å². The van der Waals surface area contributed by atoms with Crippen LogP contribution >= 0.6 is 11.6 Å². The first-order chi connectivity index (χ1) is 16.0. The van der Waals surface area contributed by atoms with E-state index in [2.05, 4.69) is 11.1 Å². The molecule has 0 aromatic heterocycles. The Labute approximate surface area is 200 Å². The standard InChI is InChI=1S/C27H32ClN3O2/c1-3-16(2)33-27(32)19-9-11-21-18(14-19)8-12-22-25(21)30-31(26(22)17-6-4-5-7-17)20-10-13-24(29)23(28)15-20/h9-11,13-17,22,26H,3-8,12,29H2,1-2H3/t16-,22?,26?/m1/s1. The number of fused-ring (bicyclic) bond motifs is 3. The largest absolute Gasteiger partial charge is 0.459 e. The lowest BCUT2D eigenvalue weighted by atomic mass is 9.75. The summed E-state index contributed by atoms with van der Waals surface area (Å²) in [4.78, 5) is 12.6. The van der Waals surface area contributed by atoms with E-state index < -0.39 is 0 Å². The van der Waals surface area contributed by atoms with Gasteiger partial charge in [-0.05, 0) is 80.8 Å². The van der Waals surface area contributed by atoms with Gasteiger partial charge in [0.1, 0.15) is 0 Å². The lowest BCUT2D eigenvalue weighted by molar-refractivity contribution is 0.0334. The van der Waals surface area contributed by atoms with Crippen molar-refractivity contribution in [1.82, 2.24) is 0 Å². The van der Waals surface area contributed by atoms with Crippen LogP contribution in [0.2, 0.25) is 5.02 Å². The van der Waals surface area contributed by atoms with E-state index in [1.165, 1.54) is 36.8 Å². The third-order valence-electron chi connectivity index (χ3n) is 7.62. The van der Waals surface area contributed by atoms with Crippen LogP contribution in [0.25, 0.3) is 0 Å². The highest BCUT2D eigenvalue weighted by Crippen LogP contribution is 2.45. The molecule has 1 saturated carbocycles. The molecule has 33 heavy (non-hydrogen) atoms. The first kappa shape index (κ1) is 22.3. The minimum atomic E-state index is -0.246. The van der Waals surface area contributed by atoms with Gasteiger partial charge in [-0.3, -0.25) is 5.01 Å². The van der Waals surface area contributed by atoms with E-state index in [-0.39, 0.29) is 12.1 Å². The summed E-state index contributed by atoms with van der Waals surface area (Å²) in [5.41, 5.74) is 11.7. The maximum Gasteiger partial charge on any atom is 0.338 e. The number of carbonyl (C=O) groups excluding carboxylic acids is 1. The Morgan fingerprint density at radius 3 is 2.73 bits per heavy atom. The minimum absolute atomic E-state index is 0.0791. The van der Waals surface area contributed by atoms with Gasteiger partial charge in [-0.25, -0.2) is 4.79 Å². The molecule has 2 aromatic rings. The molecule has 0 saturated heterocycles. The van der Waals surface area contributed by atoms with Gasteiger partial charge in [-0.2, -0.15) is 5.10 Å². The van der Waals surface area contributed by atoms with E-state index in [0.717, 1.165) is 30.7 Å². The number of halogens is 1. The highest BCUT2D eigenvalue weighted by Gasteiger charge is 2.45. The van der Waals surface area contributed by atoms with E-state index in [0.29, 0.717) is 34.2 Å². The van der Waals surface area contributed by atoms with Crippen LogP contribution in [0.3, 0.4) is 0 Å². The highest BCUT2D eigenvalue weighted by atomic mass is 35.5. The molecule has 2 unspecified atom stereocenters. The Bertz CT molecular complexity index is 1090. The van der Waals surface area contributed by atoms with E-state index in [9.17, 15) is 4.79 Å². The van der Waals surface area contributed by atoms with Crippen molar-refractivity contribution in [3.8, 4) is 0 Å². The number of nitrogens with two attached hydrogens (primary N) is 1. The molecule has 3 aliphatic rings. The predicted molar refractivity (Wildman–Crippen MR) is 134 cm³/mol. The molecule has 0 bridgehead atoms. The molecular formula is C27H32ClN3O2. The summed E-state index contributed by atoms with van der Waals surface area (Å²) in [6.07, 6.45) is 7.79. The molecule has 5 rings (SSSR count). The number of ether oxygens (including phenoxy) is 1. The number of hydrogen-bond acceptors (Lipinski definition) is 5. The van der Waals surface area contributed by atoms with Crippen molar-refractivity contribution in [3.63, 3.8) is 0 Å². The monoisotopic (exact) mass is 465 g/mol. The smallest absolute Gasteiger partial charge is 0.338 e. The SMILES string of the molecule is CC[C@@H](C)OC(=O)c1ccc2c(c1)CCC1C2=NN(c2ccc(N)c(Cl)c2)C1C1CCCC1. The molecule has 1 aliphatic heterocycles. The van der Waals surface area contributed by atoms with E-state index in [1.54, 1.807) is 0 Å². The number of aryl methyl sites for hydroxylation is 1. The average molecular weight is 466 g/mol. The summed E-state index contributed by atoms with van der Waals surface area (Å²) in [6, 6.07) is 12.1. The summed E-state index contributed by atoms with van der Waals surface area (Å²) in [7, 11) is 0. The van der Waals surface area contributed by atoms with Crippen LogP contribution in [0.5, 0.6) is 0 Å². The first-order valence-corrected chi connectivity index (χ1v) is 12.6. The number of anilines is 2. The van der Waals surface area contributed by atoms with Gasteiger partial charge in [-0.1, -0.05) is 37.4 Å². The van der Waals surface area contributed by atoms with Crippen LogP contribution in [-0.2, 0) is 11.2 Å². The minimum Gasteiger partial charge on any atom is -0.459 e. The molecule has 2 aliphatic carbocycles. The topological polar surface area (TPSA) is 67.9 Å².